The number of carbonyl (C=O) groups excluding carboxylic acids is 1. The van der Waals surface area contributed by atoms with Crippen molar-refractivity contribution < 1.29 is 4.79 Å². The fraction of sp³-hybridized carbons (Fsp3) is 0.900. The minimum Gasteiger partial charge on any atom is -0.303 e. The van der Waals surface area contributed by atoms with E-state index >= 15 is 0 Å². The summed E-state index contributed by atoms with van der Waals surface area (Å²) in [5.41, 5.74) is 0.401. The molecule has 0 amide bonds. The lowest BCUT2D eigenvalue weighted by Gasteiger charge is -2.26. The predicted octanol–water partition coefficient (Wildman–Crippen LogP) is 2.65. The first-order valence-corrected chi connectivity index (χ1v) is 4.49. The van der Waals surface area contributed by atoms with Crippen LogP contribution in [0.2, 0.25) is 0 Å². The Morgan fingerprint density at radius 3 is 2.18 bits per heavy atom. The molecular formula is C10H18O. The van der Waals surface area contributed by atoms with Gasteiger partial charge in [-0.2, -0.15) is 0 Å². The summed E-state index contributed by atoms with van der Waals surface area (Å²) in [6, 6.07) is 0. The number of aldehydes is 1. The van der Waals surface area contributed by atoms with Gasteiger partial charge in [0.1, 0.15) is 6.29 Å². The maximum absolute atomic E-state index is 10.5. The molecule has 11 heavy (non-hydrogen) atoms. The fourth-order valence-corrected chi connectivity index (χ4v) is 1.93. The van der Waals surface area contributed by atoms with Crippen LogP contribution in [0.15, 0.2) is 0 Å². The predicted molar refractivity (Wildman–Crippen MR) is 46.4 cm³/mol. The fourth-order valence-electron chi connectivity index (χ4n) is 1.93. The van der Waals surface area contributed by atoms with E-state index in [2.05, 4.69) is 20.8 Å². The van der Waals surface area contributed by atoms with Gasteiger partial charge in [0.15, 0.2) is 0 Å². The Kier molecular flexibility index (Phi) is 2.36. The molecule has 0 aromatic carbocycles. The van der Waals surface area contributed by atoms with E-state index in [1.807, 2.05) is 0 Å². The van der Waals surface area contributed by atoms with Crippen LogP contribution in [0.3, 0.4) is 0 Å². The summed E-state index contributed by atoms with van der Waals surface area (Å²) in [5, 5.41) is 0. The zero-order chi connectivity index (χ0) is 8.48. The molecule has 1 aliphatic carbocycles. The van der Waals surface area contributed by atoms with E-state index in [9.17, 15) is 4.79 Å². The lowest BCUT2D eigenvalue weighted by molar-refractivity contribution is -0.111. The van der Waals surface area contributed by atoms with Crippen molar-refractivity contribution in [1.82, 2.24) is 0 Å². The highest BCUT2D eigenvalue weighted by Gasteiger charge is 2.32. The largest absolute Gasteiger partial charge is 0.303 e. The van der Waals surface area contributed by atoms with Crippen molar-refractivity contribution in [1.29, 1.82) is 0 Å². The van der Waals surface area contributed by atoms with E-state index in [0.29, 0.717) is 11.3 Å². The van der Waals surface area contributed by atoms with Gasteiger partial charge in [0.2, 0.25) is 0 Å². The van der Waals surface area contributed by atoms with Gasteiger partial charge in [0.05, 0.1) is 0 Å². The van der Waals surface area contributed by atoms with Gasteiger partial charge in [-0.25, -0.2) is 0 Å². The van der Waals surface area contributed by atoms with Crippen LogP contribution in [-0.2, 0) is 4.79 Å². The van der Waals surface area contributed by atoms with Crippen LogP contribution >= 0.6 is 0 Å². The average Bonchev–Trinajstić information content (AvgIpc) is 2.32. The number of hydrogen-bond acceptors (Lipinski definition) is 1. The molecule has 1 aliphatic rings. The quantitative estimate of drug-likeness (QED) is 0.531. The molecule has 0 saturated heterocycles. The molecule has 1 heteroatoms. The van der Waals surface area contributed by atoms with E-state index in [-0.39, 0.29) is 0 Å². The van der Waals surface area contributed by atoms with Crippen molar-refractivity contribution >= 4 is 6.29 Å². The van der Waals surface area contributed by atoms with E-state index in [0.717, 1.165) is 25.0 Å². The molecule has 1 saturated carbocycles. The molecule has 0 spiro atoms. The molecular weight excluding hydrogens is 136 g/mol. The molecule has 0 heterocycles. The maximum Gasteiger partial charge on any atom is 0.123 e. The zero-order valence-electron chi connectivity index (χ0n) is 7.76. The Bertz CT molecular complexity index is 143. The van der Waals surface area contributed by atoms with Gasteiger partial charge in [0.25, 0.3) is 0 Å². The van der Waals surface area contributed by atoms with Crippen LogP contribution in [0.1, 0.15) is 40.0 Å². The molecule has 0 aliphatic heterocycles. The molecule has 0 aromatic heterocycles. The van der Waals surface area contributed by atoms with Crippen LogP contribution < -0.4 is 0 Å². The first-order chi connectivity index (χ1) is 5.04. The van der Waals surface area contributed by atoms with Gasteiger partial charge >= 0.3 is 0 Å². The summed E-state index contributed by atoms with van der Waals surface area (Å²) >= 11 is 0. The first-order valence-electron chi connectivity index (χ1n) is 4.49. The highest BCUT2D eigenvalue weighted by Crippen LogP contribution is 2.41. The molecule has 0 radical (unpaired) electrons. The van der Waals surface area contributed by atoms with Gasteiger partial charge < -0.3 is 4.79 Å². The third-order valence-electron chi connectivity index (χ3n) is 2.89. The molecule has 1 rings (SSSR count). The third-order valence-corrected chi connectivity index (χ3v) is 2.89. The lowest BCUT2D eigenvalue weighted by Crippen LogP contribution is -2.17. The molecule has 1 nitrogen and oxygen atoms in total. The Morgan fingerprint density at radius 2 is 1.91 bits per heavy atom. The van der Waals surface area contributed by atoms with Gasteiger partial charge in [0, 0.05) is 5.92 Å². The van der Waals surface area contributed by atoms with Crippen molar-refractivity contribution in [2.75, 3.05) is 0 Å². The number of hydrogen-bond donors (Lipinski definition) is 0. The molecule has 64 valence electrons. The average molecular weight is 154 g/mol. The van der Waals surface area contributed by atoms with E-state index in [1.54, 1.807) is 0 Å². The monoisotopic (exact) mass is 154 g/mol. The number of carbonyl (C=O) groups is 1. The molecule has 0 aromatic rings. The summed E-state index contributed by atoms with van der Waals surface area (Å²) < 4.78 is 0. The van der Waals surface area contributed by atoms with Gasteiger partial charge in [-0.1, -0.05) is 20.8 Å². The van der Waals surface area contributed by atoms with Gasteiger partial charge in [-0.3, -0.25) is 0 Å². The van der Waals surface area contributed by atoms with Crippen LogP contribution in [0.25, 0.3) is 0 Å². The topological polar surface area (TPSA) is 17.1 Å². The lowest BCUT2D eigenvalue weighted by atomic mass is 9.79. The van der Waals surface area contributed by atoms with Gasteiger partial charge in [-0.15, -0.1) is 0 Å². The minimum absolute atomic E-state index is 0.360. The highest BCUT2D eigenvalue weighted by atomic mass is 16.1. The summed E-state index contributed by atoms with van der Waals surface area (Å²) in [6.07, 6.45) is 4.61. The molecule has 1 unspecified atom stereocenters. The summed E-state index contributed by atoms with van der Waals surface area (Å²) in [5.74, 6) is 1.12. The molecule has 2 atom stereocenters. The summed E-state index contributed by atoms with van der Waals surface area (Å²) in [4.78, 5) is 10.5. The Morgan fingerprint density at radius 1 is 1.27 bits per heavy atom. The second-order valence-electron chi connectivity index (χ2n) is 4.77. The molecule has 1 fully saturated rings. The van der Waals surface area contributed by atoms with Crippen LogP contribution in [0.4, 0.5) is 0 Å². The van der Waals surface area contributed by atoms with Crippen LogP contribution in [0.5, 0.6) is 0 Å². The van der Waals surface area contributed by atoms with Crippen molar-refractivity contribution in [3.8, 4) is 0 Å². The smallest absolute Gasteiger partial charge is 0.123 e. The summed E-state index contributed by atoms with van der Waals surface area (Å²) in [6.45, 7) is 6.81. The van der Waals surface area contributed by atoms with Crippen molar-refractivity contribution in [3.63, 3.8) is 0 Å². The van der Waals surface area contributed by atoms with E-state index in [1.165, 1.54) is 6.42 Å². The maximum atomic E-state index is 10.5. The van der Waals surface area contributed by atoms with Gasteiger partial charge in [-0.05, 0) is 30.6 Å². The second-order valence-corrected chi connectivity index (χ2v) is 4.77. The minimum atomic E-state index is 0.360. The van der Waals surface area contributed by atoms with Crippen LogP contribution in [-0.4, -0.2) is 6.29 Å². The Hall–Kier alpha value is -0.330. The second kappa shape index (κ2) is 2.96. The normalized spacial score (nSPS) is 32.3. The highest BCUT2D eigenvalue weighted by molar-refractivity contribution is 5.53. The summed E-state index contributed by atoms with van der Waals surface area (Å²) in [7, 11) is 0. The standard InChI is InChI=1S/C10H18O/c1-10(2,3)9-5-4-8(6-9)7-11/h7-9H,4-6H2,1-3H3/t8-,9?/m1/s1. The van der Waals surface area contributed by atoms with E-state index < -0.39 is 0 Å². The Labute approximate surface area is 69.2 Å². The van der Waals surface area contributed by atoms with Crippen molar-refractivity contribution in [2.24, 2.45) is 17.3 Å². The molecule has 0 bridgehead atoms. The van der Waals surface area contributed by atoms with Crippen molar-refractivity contribution in [3.05, 3.63) is 0 Å². The van der Waals surface area contributed by atoms with Crippen LogP contribution in [0, 0.1) is 17.3 Å². The Balaban J connectivity index is 2.48. The molecule has 0 N–H and O–H groups in total. The SMILES string of the molecule is CC(C)(C)C1CC[C@@H](C=O)C1. The third kappa shape index (κ3) is 2.05. The van der Waals surface area contributed by atoms with Crippen molar-refractivity contribution in [2.45, 2.75) is 40.0 Å². The number of rotatable bonds is 1. The van der Waals surface area contributed by atoms with E-state index in [4.69, 9.17) is 0 Å². The zero-order valence-corrected chi connectivity index (χ0v) is 7.76. The first kappa shape index (κ1) is 8.76.